The monoisotopic (exact) mass is 297 g/mol. The Morgan fingerprint density at radius 2 is 2.11 bits per heavy atom. The zero-order chi connectivity index (χ0) is 13.2. The number of thioether (sulfide) groups is 1. The molecule has 0 spiro atoms. The zero-order valence-corrected chi connectivity index (χ0v) is 11.2. The summed E-state index contributed by atoms with van der Waals surface area (Å²) in [7, 11) is 0. The van der Waals surface area contributed by atoms with Crippen molar-refractivity contribution in [1.29, 1.82) is 0 Å². The maximum atomic E-state index is 12.4. The number of rotatable bonds is 4. The molecule has 2 rings (SSSR count). The lowest BCUT2D eigenvalue weighted by Crippen LogP contribution is -2.04. The van der Waals surface area contributed by atoms with Gasteiger partial charge in [-0.15, -0.1) is 11.3 Å². The van der Waals surface area contributed by atoms with Crippen LogP contribution in [0.15, 0.2) is 6.20 Å². The zero-order valence-electron chi connectivity index (χ0n) is 9.61. The Labute approximate surface area is 112 Å². The third-order valence-electron chi connectivity index (χ3n) is 2.89. The molecule has 1 aromatic rings. The number of hydrogen-bond acceptors (Lipinski definition) is 4. The number of aliphatic hydroxyl groups excluding tert-OH is 1. The second-order valence-corrected chi connectivity index (χ2v) is 6.72. The van der Waals surface area contributed by atoms with Gasteiger partial charge in [0.25, 0.3) is 0 Å². The highest BCUT2D eigenvalue weighted by Crippen LogP contribution is 2.36. The number of nitrogens with zero attached hydrogens (tertiary/aromatic N) is 1. The van der Waals surface area contributed by atoms with E-state index in [0.29, 0.717) is 27.2 Å². The highest BCUT2D eigenvalue weighted by atomic mass is 32.2. The van der Waals surface area contributed by atoms with Crippen LogP contribution in [0, 0.1) is 0 Å². The lowest BCUT2D eigenvalue weighted by atomic mass is 10.3. The number of aromatic nitrogens is 1. The number of alkyl halides is 3. The lowest BCUT2D eigenvalue weighted by Gasteiger charge is -2.12. The van der Waals surface area contributed by atoms with Crippen LogP contribution in [0.1, 0.15) is 41.7 Å². The first kappa shape index (κ1) is 14.1. The normalized spacial score (nSPS) is 19.3. The second kappa shape index (κ2) is 5.79. The fourth-order valence-corrected chi connectivity index (χ4v) is 4.11. The standard InChI is InChI=1S/C11H14F3NOS2/c12-11(13,14)10-15-5-9(18-10)8(16)6-17-7-3-1-2-4-7/h5,7-8,16H,1-4,6H2. The topological polar surface area (TPSA) is 33.1 Å². The molecule has 0 radical (unpaired) electrons. The van der Waals surface area contributed by atoms with Crippen LogP contribution in [0.5, 0.6) is 0 Å². The third-order valence-corrected chi connectivity index (χ3v) is 5.48. The Balaban J connectivity index is 1.88. The molecule has 102 valence electrons. The summed E-state index contributed by atoms with van der Waals surface area (Å²) in [6.07, 6.45) is 0.597. The second-order valence-electron chi connectivity index (χ2n) is 4.32. The quantitative estimate of drug-likeness (QED) is 0.916. The molecule has 0 aromatic carbocycles. The van der Waals surface area contributed by atoms with E-state index in [1.807, 2.05) is 0 Å². The van der Waals surface area contributed by atoms with Crippen molar-refractivity contribution in [2.45, 2.75) is 43.2 Å². The van der Waals surface area contributed by atoms with E-state index in [1.165, 1.54) is 12.8 Å². The highest BCUT2D eigenvalue weighted by molar-refractivity contribution is 7.99. The summed E-state index contributed by atoms with van der Waals surface area (Å²) in [5.41, 5.74) is 0. The van der Waals surface area contributed by atoms with Crippen LogP contribution in [-0.2, 0) is 6.18 Å². The Kier molecular flexibility index (Phi) is 4.55. The molecule has 1 saturated carbocycles. The average molecular weight is 297 g/mol. The Morgan fingerprint density at radius 3 is 2.67 bits per heavy atom. The first-order valence-corrected chi connectivity index (χ1v) is 7.66. The molecule has 1 N–H and O–H groups in total. The van der Waals surface area contributed by atoms with E-state index in [-0.39, 0.29) is 0 Å². The fraction of sp³-hybridized carbons (Fsp3) is 0.727. The first-order chi connectivity index (χ1) is 8.47. The number of hydrogen-bond donors (Lipinski definition) is 1. The predicted molar refractivity (Wildman–Crippen MR) is 66.8 cm³/mol. The van der Waals surface area contributed by atoms with Gasteiger partial charge in [-0.05, 0) is 12.8 Å². The number of halogens is 3. The molecular formula is C11H14F3NOS2. The van der Waals surface area contributed by atoms with Gasteiger partial charge >= 0.3 is 6.18 Å². The Hall–Kier alpha value is -0.270. The molecule has 1 heterocycles. The number of aliphatic hydroxyl groups is 1. The number of thiazole rings is 1. The van der Waals surface area contributed by atoms with Crippen molar-refractivity contribution in [3.63, 3.8) is 0 Å². The van der Waals surface area contributed by atoms with Crippen LogP contribution in [0.3, 0.4) is 0 Å². The third kappa shape index (κ3) is 3.61. The molecular weight excluding hydrogens is 283 g/mol. The summed E-state index contributed by atoms with van der Waals surface area (Å²) >= 11 is 2.18. The van der Waals surface area contributed by atoms with E-state index in [0.717, 1.165) is 19.0 Å². The summed E-state index contributed by atoms with van der Waals surface area (Å²) in [6.45, 7) is 0. The summed E-state index contributed by atoms with van der Waals surface area (Å²) < 4.78 is 37.1. The van der Waals surface area contributed by atoms with Crippen LogP contribution in [0.4, 0.5) is 13.2 Å². The fourth-order valence-electron chi connectivity index (χ4n) is 1.94. The SMILES string of the molecule is OC(CSC1CCCC1)c1cnc(C(F)(F)F)s1. The summed E-state index contributed by atoms with van der Waals surface area (Å²) in [4.78, 5) is 3.61. The lowest BCUT2D eigenvalue weighted by molar-refractivity contribution is -0.137. The van der Waals surface area contributed by atoms with Crippen molar-refractivity contribution in [2.24, 2.45) is 0 Å². The molecule has 1 fully saturated rings. The molecule has 2 nitrogen and oxygen atoms in total. The van der Waals surface area contributed by atoms with Gasteiger partial charge in [-0.2, -0.15) is 24.9 Å². The van der Waals surface area contributed by atoms with Crippen LogP contribution in [-0.4, -0.2) is 21.1 Å². The maximum Gasteiger partial charge on any atom is 0.443 e. The molecule has 1 atom stereocenters. The van der Waals surface area contributed by atoms with Gasteiger partial charge in [-0.3, -0.25) is 0 Å². The van der Waals surface area contributed by atoms with Gasteiger partial charge < -0.3 is 5.11 Å². The molecule has 0 aliphatic heterocycles. The van der Waals surface area contributed by atoms with E-state index < -0.39 is 17.3 Å². The minimum Gasteiger partial charge on any atom is -0.387 e. The molecule has 1 aliphatic rings. The van der Waals surface area contributed by atoms with Crippen LogP contribution < -0.4 is 0 Å². The Bertz CT molecular complexity index is 388. The summed E-state index contributed by atoms with van der Waals surface area (Å²) in [5, 5.41) is 9.51. The smallest absolute Gasteiger partial charge is 0.387 e. The van der Waals surface area contributed by atoms with Crippen LogP contribution in [0.2, 0.25) is 0 Å². The first-order valence-electron chi connectivity index (χ1n) is 5.79. The highest BCUT2D eigenvalue weighted by Gasteiger charge is 2.35. The Morgan fingerprint density at radius 1 is 1.44 bits per heavy atom. The molecule has 0 amide bonds. The minimum absolute atomic E-state index is 0.299. The van der Waals surface area contributed by atoms with Crippen molar-refractivity contribution >= 4 is 23.1 Å². The van der Waals surface area contributed by atoms with Crippen molar-refractivity contribution in [1.82, 2.24) is 4.98 Å². The van der Waals surface area contributed by atoms with Gasteiger partial charge in [0.1, 0.15) is 0 Å². The molecule has 18 heavy (non-hydrogen) atoms. The molecule has 7 heteroatoms. The summed E-state index contributed by atoms with van der Waals surface area (Å²) in [6, 6.07) is 0. The maximum absolute atomic E-state index is 12.4. The van der Waals surface area contributed by atoms with Gasteiger partial charge in [0.15, 0.2) is 5.01 Å². The van der Waals surface area contributed by atoms with E-state index >= 15 is 0 Å². The van der Waals surface area contributed by atoms with Gasteiger partial charge in [0, 0.05) is 17.2 Å². The van der Waals surface area contributed by atoms with E-state index in [2.05, 4.69) is 4.98 Å². The molecule has 1 unspecified atom stereocenters. The summed E-state index contributed by atoms with van der Waals surface area (Å²) in [5.74, 6) is 0.449. The van der Waals surface area contributed by atoms with Crippen LogP contribution in [0.25, 0.3) is 0 Å². The van der Waals surface area contributed by atoms with E-state index in [1.54, 1.807) is 11.8 Å². The predicted octanol–water partition coefficient (Wildman–Crippen LogP) is 3.87. The van der Waals surface area contributed by atoms with Crippen molar-refractivity contribution in [2.75, 3.05) is 5.75 Å². The van der Waals surface area contributed by atoms with Gasteiger partial charge in [-0.25, -0.2) is 4.98 Å². The molecule has 1 aliphatic carbocycles. The van der Waals surface area contributed by atoms with Gasteiger partial charge in [0.05, 0.1) is 11.0 Å². The van der Waals surface area contributed by atoms with E-state index in [9.17, 15) is 18.3 Å². The van der Waals surface area contributed by atoms with E-state index in [4.69, 9.17) is 0 Å². The largest absolute Gasteiger partial charge is 0.443 e. The molecule has 0 saturated heterocycles. The molecule has 0 bridgehead atoms. The minimum atomic E-state index is -4.42. The van der Waals surface area contributed by atoms with Gasteiger partial charge in [-0.1, -0.05) is 12.8 Å². The van der Waals surface area contributed by atoms with Crippen molar-refractivity contribution < 1.29 is 18.3 Å². The van der Waals surface area contributed by atoms with Crippen molar-refractivity contribution in [3.05, 3.63) is 16.1 Å². The van der Waals surface area contributed by atoms with Gasteiger partial charge in [0.2, 0.25) is 0 Å². The average Bonchev–Trinajstić information content (AvgIpc) is 2.96. The van der Waals surface area contributed by atoms with Crippen molar-refractivity contribution in [3.8, 4) is 0 Å². The molecule has 1 aromatic heterocycles. The van der Waals surface area contributed by atoms with Crippen LogP contribution >= 0.6 is 23.1 Å².